The van der Waals surface area contributed by atoms with Crippen molar-refractivity contribution in [3.05, 3.63) is 0 Å². The van der Waals surface area contributed by atoms with Crippen LogP contribution in [0.5, 0.6) is 0 Å². The first-order chi connectivity index (χ1) is 9.25. The number of hydrogen-bond donors (Lipinski definition) is 1. The molecule has 104 valence electrons. The van der Waals surface area contributed by atoms with Crippen molar-refractivity contribution in [2.45, 2.75) is 51.0 Å². The summed E-state index contributed by atoms with van der Waals surface area (Å²) in [4.78, 5) is 13.1. The lowest BCUT2D eigenvalue weighted by atomic mass is 9.48. The van der Waals surface area contributed by atoms with Crippen LogP contribution in [0.4, 0.5) is 0 Å². The van der Waals surface area contributed by atoms with Crippen LogP contribution in [0.3, 0.4) is 0 Å². The number of carbonyl (C=O) groups is 1. The summed E-state index contributed by atoms with van der Waals surface area (Å²) in [5.41, 5.74) is 0. The smallest absolute Gasteiger partial charge is 0.140 e. The molecule has 0 spiro atoms. The second-order valence-corrected chi connectivity index (χ2v) is 8.11. The molecule has 0 saturated heterocycles. The minimum Gasteiger partial charge on any atom is -0.392 e. The summed E-state index contributed by atoms with van der Waals surface area (Å²) in [6.07, 6.45) is 8.72. The van der Waals surface area contributed by atoms with Gasteiger partial charge in [0.15, 0.2) is 0 Å². The lowest BCUT2D eigenvalue weighted by Crippen LogP contribution is -2.59. The second-order valence-electron chi connectivity index (χ2n) is 8.11. The molecule has 0 aliphatic heterocycles. The van der Waals surface area contributed by atoms with Gasteiger partial charge in [-0.2, -0.15) is 0 Å². The lowest BCUT2D eigenvalue weighted by Gasteiger charge is -2.56. The van der Waals surface area contributed by atoms with Crippen LogP contribution in [0.2, 0.25) is 0 Å². The summed E-state index contributed by atoms with van der Waals surface area (Å²) in [7, 11) is 0. The Bertz CT molecular complexity index is 423. The molecule has 1 N–H and O–H groups in total. The van der Waals surface area contributed by atoms with Gasteiger partial charge in [0.05, 0.1) is 6.10 Å². The Balaban J connectivity index is 1.58. The van der Waals surface area contributed by atoms with Gasteiger partial charge in [0.25, 0.3) is 0 Å². The summed E-state index contributed by atoms with van der Waals surface area (Å²) in [5.74, 6) is 4.41. The average Bonchev–Trinajstić information content (AvgIpc) is 3.06. The number of ketones is 1. The molecule has 4 bridgehead atoms. The van der Waals surface area contributed by atoms with Crippen LogP contribution in [0.15, 0.2) is 0 Å². The van der Waals surface area contributed by atoms with Crippen molar-refractivity contribution < 1.29 is 9.90 Å². The van der Waals surface area contributed by atoms with E-state index in [1.165, 1.54) is 44.9 Å². The molecular weight excluding hydrogens is 236 g/mol. The van der Waals surface area contributed by atoms with Crippen molar-refractivity contribution in [3.8, 4) is 0 Å². The molecule has 0 radical (unpaired) electrons. The van der Waals surface area contributed by atoms with Gasteiger partial charge in [0.1, 0.15) is 5.78 Å². The molecule has 0 aromatic heterocycles. The Labute approximate surface area is 115 Å². The maximum Gasteiger partial charge on any atom is 0.140 e. The van der Waals surface area contributed by atoms with Crippen molar-refractivity contribution in [2.75, 3.05) is 0 Å². The highest BCUT2D eigenvalue weighted by Gasteiger charge is 2.63. The normalized spacial score (nSPS) is 62.2. The molecular formula is C17H24O2. The van der Waals surface area contributed by atoms with Crippen LogP contribution in [0.25, 0.3) is 0 Å². The molecule has 19 heavy (non-hydrogen) atoms. The highest BCUT2D eigenvalue weighted by molar-refractivity contribution is 5.86. The Kier molecular flexibility index (Phi) is 2.16. The zero-order chi connectivity index (χ0) is 12.7. The Hall–Kier alpha value is -0.370. The SMILES string of the molecule is O=C1C2C3CCC(CC3)C2C(O)C2C3CCC(C3)C12. The predicted octanol–water partition coefficient (Wildman–Crippen LogP) is 2.64. The fourth-order valence-electron chi connectivity index (χ4n) is 7.14. The minimum absolute atomic E-state index is 0.143. The maximum absolute atomic E-state index is 13.1. The Morgan fingerprint density at radius 2 is 1.26 bits per heavy atom. The van der Waals surface area contributed by atoms with Gasteiger partial charge in [0, 0.05) is 11.8 Å². The van der Waals surface area contributed by atoms with E-state index in [2.05, 4.69) is 0 Å². The topological polar surface area (TPSA) is 37.3 Å². The van der Waals surface area contributed by atoms with Gasteiger partial charge in [-0.15, -0.1) is 0 Å². The van der Waals surface area contributed by atoms with Crippen molar-refractivity contribution >= 4 is 5.78 Å². The van der Waals surface area contributed by atoms with Crippen LogP contribution in [-0.4, -0.2) is 17.0 Å². The van der Waals surface area contributed by atoms with Crippen molar-refractivity contribution in [1.82, 2.24) is 0 Å². The molecule has 0 aromatic rings. The number of hydrogen-bond acceptors (Lipinski definition) is 2. The third-order valence-corrected chi connectivity index (χ3v) is 7.71. The van der Waals surface area contributed by atoms with E-state index in [9.17, 15) is 9.90 Å². The molecule has 7 unspecified atom stereocenters. The highest BCUT2D eigenvalue weighted by Crippen LogP contribution is 2.63. The van der Waals surface area contributed by atoms with Gasteiger partial charge in [-0.1, -0.05) is 0 Å². The first-order valence-electron chi connectivity index (χ1n) is 8.47. The summed E-state index contributed by atoms with van der Waals surface area (Å²) in [5, 5.41) is 11.0. The summed E-state index contributed by atoms with van der Waals surface area (Å²) in [6.45, 7) is 0. The second kappa shape index (κ2) is 3.63. The zero-order valence-corrected chi connectivity index (χ0v) is 11.5. The first kappa shape index (κ1) is 11.3. The molecule has 0 amide bonds. The molecule has 6 saturated carbocycles. The monoisotopic (exact) mass is 260 g/mol. The molecule has 0 aromatic carbocycles. The van der Waals surface area contributed by atoms with Crippen LogP contribution < -0.4 is 0 Å². The highest BCUT2D eigenvalue weighted by atomic mass is 16.3. The van der Waals surface area contributed by atoms with Crippen LogP contribution in [0, 0.1) is 47.3 Å². The van der Waals surface area contributed by atoms with Crippen molar-refractivity contribution in [1.29, 1.82) is 0 Å². The van der Waals surface area contributed by atoms with Gasteiger partial charge in [-0.25, -0.2) is 0 Å². The van der Waals surface area contributed by atoms with E-state index in [0.29, 0.717) is 41.3 Å². The van der Waals surface area contributed by atoms with Gasteiger partial charge in [-0.05, 0) is 80.5 Å². The zero-order valence-electron chi connectivity index (χ0n) is 11.5. The number of rotatable bonds is 0. The molecule has 6 rings (SSSR count). The van der Waals surface area contributed by atoms with Gasteiger partial charge in [0.2, 0.25) is 0 Å². The number of aliphatic hydroxyl groups excluding tert-OH is 1. The quantitative estimate of drug-likeness (QED) is 0.727. The molecule has 0 heterocycles. The molecule has 2 nitrogen and oxygen atoms in total. The fraction of sp³-hybridized carbons (Fsp3) is 0.941. The Morgan fingerprint density at radius 1 is 0.737 bits per heavy atom. The number of aliphatic hydroxyl groups is 1. The van der Waals surface area contributed by atoms with Crippen molar-refractivity contribution in [2.24, 2.45) is 47.3 Å². The largest absolute Gasteiger partial charge is 0.392 e. The molecule has 6 aliphatic rings. The number of carbonyl (C=O) groups excluding carboxylic acids is 1. The maximum atomic E-state index is 13.1. The summed E-state index contributed by atoms with van der Waals surface area (Å²) < 4.78 is 0. The predicted molar refractivity (Wildman–Crippen MR) is 71.3 cm³/mol. The van der Waals surface area contributed by atoms with Gasteiger partial charge < -0.3 is 5.11 Å². The van der Waals surface area contributed by atoms with Gasteiger partial charge in [-0.3, -0.25) is 4.79 Å². The third-order valence-electron chi connectivity index (χ3n) is 7.71. The van der Waals surface area contributed by atoms with Crippen LogP contribution in [-0.2, 0) is 4.79 Å². The number of Topliss-reactive ketones (excluding diaryl/α,β-unsaturated/α-hetero) is 1. The van der Waals surface area contributed by atoms with E-state index in [1.54, 1.807) is 0 Å². The lowest BCUT2D eigenvalue weighted by molar-refractivity contribution is -0.168. The van der Waals surface area contributed by atoms with E-state index >= 15 is 0 Å². The van der Waals surface area contributed by atoms with Crippen molar-refractivity contribution in [3.63, 3.8) is 0 Å². The fourth-order valence-corrected chi connectivity index (χ4v) is 7.14. The van der Waals surface area contributed by atoms with Gasteiger partial charge >= 0.3 is 0 Å². The molecule has 2 heteroatoms. The van der Waals surface area contributed by atoms with E-state index in [-0.39, 0.29) is 17.9 Å². The minimum atomic E-state index is -0.143. The molecule has 7 atom stereocenters. The summed E-state index contributed by atoms with van der Waals surface area (Å²) in [6, 6.07) is 0. The van der Waals surface area contributed by atoms with E-state index in [0.717, 1.165) is 0 Å². The van der Waals surface area contributed by atoms with E-state index in [1.807, 2.05) is 0 Å². The van der Waals surface area contributed by atoms with E-state index < -0.39 is 0 Å². The average molecular weight is 260 g/mol. The summed E-state index contributed by atoms with van der Waals surface area (Å²) >= 11 is 0. The van der Waals surface area contributed by atoms with Crippen LogP contribution in [0.1, 0.15) is 44.9 Å². The Morgan fingerprint density at radius 3 is 2.05 bits per heavy atom. The standard InChI is InChI=1S/C17H24O2/c18-16-12-8-1-2-9(4-3-8)13(12)17(19)15-11-6-5-10(7-11)14(15)16/h8-16,18H,1-7H2. The molecule has 6 aliphatic carbocycles. The third kappa shape index (κ3) is 1.25. The number of fused-ring (bicyclic) bond motifs is 7. The first-order valence-corrected chi connectivity index (χ1v) is 8.47. The van der Waals surface area contributed by atoms with Crippen LogP contribution >= 0.6 is 0 Å². The molecule has 6 fully saturated rings. The van der Waals surface area contributed by atoms with E-state index in [4.69, 9.17) is 0 Å².